The van der Waals surface area contributed by atoms with Gasteiger partial charge in [0.1, 0.15) is 0 Å². The molecular weight excluding hydrogens is 393 g/mol. The molecule has 0 amide bonds. The second kappa shape index (κ2) is 7.73. The van der Waals surface area contributed by atoms with E-state index in [1.165, 1.54) is 61.3 Å². The van der Waals surface area contributed by atoms with Gasteiger partial charge in [0.25, 0.3) is 0 Å². The van der Waals surface area contributed by atoms with E-state index in [0.717, 1.165) is 6.54 Å². The van der Waals surface area contributed by atoms with Gasteiger partial charge in [-0.15, -0.1) is 11.3 Å². The van der Waals surface area contributed by atoms with Crippen LogP contribution in [0.4, 0.5) is 0 Å². The van der Waals surface area contributed by atoms with Crippen molar-refractivity contribution in [3.05, 3.63) is 19.4 Å². The van der Waals surface area contributed by atoms with E-state index in [-0.39, 0.29) is 0 Å². The molecule has 3 nitrogen and oxygen atoms in total. The fourth-order valence-electron chi connectivity index (χ4n) is 3.38. The van der Waals surface area contributed by atoms with Gasteiger partial charge >= 0.3 is 0 Å². The first-order chi connectivity index (χ1) is 10.2. The highest BCUT2D eigenvalue weighted by molar-refractivity contribution is 14.1. The second-order valence-electron chi connectivity index (χ2n) is 6.33. The van der Waals surface area contributed by atoms with E-state index >= 15 is 0 Å². The second-order valence-corrected chi connectivity index (χ2v) is 9.36. The minimum atomic E-state index is 0.612. The van der Waals surface area contributed by atoms with Gasteiger partial charge in [-0.05, 0) is 80.0 Å². The number of halogens is 1. The van der Waals surface area contributed by atoms with Gasteiger partial charge in [0.05, 0.1) is 2.88 Å². The third-order valence-electron chi connectivity index (χ3n) is 4.72. The van der Waals surface area contributed by atoms with Gasteiger partial charge in [-0.2, -0.15) is 0 Å². The minimum absolute atomic E-state index is 0.612. The predicted molar refractivity (Wildman–Crippen MR) is 99.3 cm³/mol. The average molecular weight is 419 g/mol. The molecular formula is C16H26IN3S. The van der Waals surface area contributed by atoms with Gasteiger partial charge in [-0.1, -0.05) is 0 Å². The summed E-state index contributed by atoms with van der Waals surface area (Å²) in [4.78, 5) is 6.67. The quantitative estimate of drug-likeness (QED) is 0.585. The number of nitrogens with one attached hydrogen (secondary N) is 1. The Bertz CT molecular complexity index is 454. The van der Waals surface area contributed by atoms with Crippen LogP contribution in [0.25, 0.3) is 0 Å². The molecule has 0 spiro atoms. The number of rotatable bonds is 5. The summed E-state index contributed by atoms with van der Waals surface area (Å²) < 4.78 is 1.45. The SMILES string of the molecule is CN1CCN(CCCNC2CCCc3sc(I)cc32)CC1. The van der Waals surface area contributed by atoms with E-state index in [4.69, 9.17) is 0 Å². The van der Waals surface area contributed by atoms with Crippen molar-refractivity contribution in [3.8, 4) is 0 Å². The Hall–Kier alpha value is 0.310. The van der Waals surface area contributed by atoms with Crippen LogP contribution in [0.2, 0.25) is 0 Å². The Morgan fingerprint density at radius 2 is 2.14 bits per heavy atom. The topological polar surface area (TPSA) is 18.5 Å². The zero-order chi connectivity index (χ0) is 14.7. The van der Waals surface area contributed by atoms with E-state index in [1.807, 2.05) is 11.3 Å². The summed E-state index contributed by atoms with van der Waals surface area (Å²) in [7, 11) is 2.22. The number of aryl methyl sites for hydroxylation is 1. The maximum Gasteiger partial charge on any atom is 0.0659 e. The van der Waals surface area contributed by atoms with Crippen LogP contribution in [0.1, 0.15) is 35.7 Å². The van der Waals surface area contributed by atoms with E-state index in [9.17, 15) is 0 Å². The molecule has 1 aliphatic carbocycles. The first-order valence-electron chi connectivity index (χ1n) is 8.15. The normalized spacial score (nSPS) is 24.2. The number of nitrogens with zero attached hydrogens (tertiary/aromatic N) is 2. The largest absolute Gasteiger partial charge is 0.310 e. The third-order valence-corrected chi connectivity index (χ3v) is 6.69. The summed E-state index contributed by atoms with van der Waals surface area (Å²) in [5.74, 6) is 0. The Labute approximate surface area is 146 Å². The van der Waals surface area contributed by atoms with Gasteiger partial charge in [-0.3, -0.25) is 0 Å². The maximum absolute atomic E-state index is 3.81. The molecule has 1 N–H and O–H groups in total. The Morgan fingerprint density at radius 1 is 1.33 bits per heavy atom. The van der Waals surface area contributed by atoms with Crippen molar-refractivity contribution < 1.29 is 0 Å². The first kappa shape index (κ1) is 16.2. The molecule has 0 aromatic carbocycles. The molecule has 3 rings (SSSR count). The van der Waals surface area contributed by atoms with E-state index in [0.29, 0.717) is 6.04 Å². The molecule has 1 aromatic rings. The number of thiophene rings is 1. The van der Waals surface area contributed by atoms with Crippen molar-refractivity contribution in [2.45, 2.75) is 31.7 Å². The molecule has 1 unspecified atom stereocenters. The molecule has 1 atom stereocenters. The summed E-state index contributed by atoms with van der Waals surface area (Å²) >= 11 is 4.46. The molecule has 2 heterocycles. The zero-order valence-corrected chi connectivity index (χ0v) is 15.9. The fraction of sp³-hybridized carbons (Fsp3) is 0.750. The van der Waals surface area contributed by atoms with E-state index < -0.39 is 0 Å². The third kappa shape index (κ3) is 4.41. The lowest BCUT2D eigenvalue weighted by atomic mass is 9.94. The van der Waals surface area contributed by atoms with Gasteiger partial charge in [-0.25, -0.2) is 0 Å². The summed E-state index contributed by atoms with van der Waals surface area (Å²) in [6, 6.07) is 3.01. The summed E-state index contributed by atoms with van der Waals surface area (Å²) in [6.45, 7) is 7.35. The number of fused-ring (bicyclic) bond motifs is 1. The number of likely N-dealkylation sites (N-methyl/N-ethyl adjacent to an activating group) is 1. The highest BCUT2D eigenvalue weighted by Crippen LogP contribution is 2.36. The number of hydrogen-bond donors (Lipinski definition) is 1. The standard InChI is InChI=1S/C16H26IN3S/c1-19-8-10-20(11-9-19)7-3-6-18-14-4-2-5-15-13(14)12-16(17)21-15/h12,14,18H,2-11H2,1H3. The highest BCUT2D eigenvalue weighted by Gasteiger charge is 2.22. The molecule has 1 aromatic heterocycles. The molecule has 2 aliphatic rings. The fourth-order valence-corrected chi connectivity index (χ4v) is 5.50. The molecule has 1 aliphatic heterocycles. The summed E-state index contributed by atoms with van der Waals surface area (Å²) in [5.41, 5.74) is 1.59. The lowest BCUT2D eigenvalue weighted by Gasteiger charge is -2.32. The van der Waals surface area contributed by atoms with Crippen molar-refractivity contribution in [1.82, 2.24) is 15.1 Å². The van der Waals surface area contributed by atoms with Crippen LogP contribution in [0.3, 0.4) is 0 Å². The monoisotopic (exact) mass is 419 g/mol. The molecule has 118 valence electrons. The molecule has 0 bridgehead atoms. The van der Waals surface area contributed by atoms with Crippen molar-refractivity contribution in [3.63, 3.8) is 0 Å². The van der Waals surface area contributed by atoms with Crippen molar-refractivity contribution >= 4 is 33.9 Å². The molecule has 21 heavy (non-hydrogen) atoms. The van der Waals surface area contributed by atoms with Crippen LogP contribution in [-0.2, 0) is 6.42 Å². The van der Waals surface area contributed by atoms with Crippen molar-refractivity contribution in [2.75, 3.05) is 46.3 Å². The summed E-state index contributed by atoms with van der Waals surface area (Å²) in [5, 5.41) is 3.81. The number of hydrogen-bond acceptors (Lipinski definition) is 4. The lowest BCUT2D eigenvalue weighted by molar-refractivity contribution is 0.152. The smallest absolute Gasteiger partial charge is 0.0659 e. The van der Waals surface area contributed by atoms with E-state index in [2.05, 4.69) is 50.8 Å². The van der Waals surface area contributed by atoms with Gasteiger partial charge in [0, 0.05) is 37.1 Å². The maximum atomic E-state index is 3.81. The van der Waals surface area contributed by atoms with Crippen LogP contribution >= 0.6 is 33.9 Å². The average Bonchev–Trinajstić information content (AvgIpc) is 2.86. The number of piperazine rings is 1. The predicted octanol–water partition coefficient (Wildman–Crippen LogP) is 2.96. The van der Waals surface area contributed by atoms with Crippen LogP contribution < -0.4 is 5.32 Å². The molecule has 0 saturated carbocycles. The zero-order valence-electron chi connectivity index (χ0n) is 12.9. The first-order valence-corrected chi connectivity index (χ1v) is 10.0. The van der Waals surface area contributed by atoms with Crippen LogP contribution in [0.15, 0.2) is 6.07 Å². The minimum Gasteiger partial charge on any atom is -0.310 e. The lowest BCUT2D eigenvalue weighted by Crippen LogP contribution is -2.45. The van der Waals surface area contributed by atoms with Gasteiger partial charge in [0.15, 0.2) is 0 Å². The molecule has 5 heteroatoms. The van der Waals surface area contributed by atoms with Crippen LogP contribution in [0, 0.1) is 2.88 Å². The Morgan fingerprint density at radius 3 is 2.95 bits per heavy atom. The Kier molecular flexibility index (Phi) is 5.95. The van der Waals surface area contributed by atoms with Crippen molar-refractivity contribution in [1.29, 1.82) is 0 Å². The van der Waals surface area contributed by atoms with Gasteiger partial charge in [0.2, 0.25) is 0 Å². The van der Waals surface area contributed by atoms with Crippen molar-refractivity contribution in [2.24, 2.45) is 0 Å². The van der Waals surface area contributed by atoms with E-state index in [1.54, 1.807) is 10.4 Å². The Balaban J connectivity index is 1.40. The molecule has 0 radical (unpaired) electrons. The molecule has 1 fully saturated rings. The summed E-state index contributed by atoms with van der Waals surface area (Å²) in [6.07, 6.45) is 5.23. The molecule has 1 saturated heterocycles. The van der Waals surface area contributed by atoms with Crippen LogP contribution in [-0.4, -0.2) is 56.1 Å². The van der Waals surface area contributed by atoms with Gasteiger partial charge < -0.3 is 15.1 Å². The highest BCUT2D eigenvalue weighted by atomic mass is 127. The van der Waals surface area contributed by atoms with Crippen LogP contribution in [0.5, 0.6) is 0 Å².